The first-order chi connectivity index (χ1) is 14.9. The Hall–Kier alpha value is -3.84. The number of carbonyl (C=O) groups excluding carboxylic acids is 1. The monoisotopic (exact) mass is 419 g/mol. The number of carbonyl (C=O) groups is 2. The summed E-state index contributed by atoms with van der Waals surface area (Å²) in [7, 11) is 0. The molecule has 2 aromatic carbocycles. The van der Waals surface area contributed by atoms with Crippen molar-refractivity contribution in [1.82, 2.24) is 4.98 Å². The van der Waals surface area contributed by atoms with E-state index in [2.05, 4.69) is 4.98 Å². The largest absolute Gasteiger partial charge is 0.504 e. The van der Waals surface area contributed by atoms with Crippen molar-refractivity contribution < 1.29 is 29.3 Å². The lowest BCUT2D eigenvalue weighted by Gasteiger charge is -2.06. The molecule has 1 atom stereocenters. The summed E-state index contributed by atoms with van der Waals surface area (Å²) in [6, 6.07) is 13.9. The number of aryl methyl sites for hydroxylation is 1. The smallest absolute Gasteiger partial charge is 0.372 e. The second-order valence-corrected chi connectivity index (χ2v) is 7.41. The minimum Gasteiger partial charge on any atom is -0.504 e. The van der Waals surface area contributed by atoms with E-state index in [4.69, 9.17) is 4.42 Å². The van der Waals surface area contributed by atoms with Gasteiger partial charge in [0.2, 0.25) is 17.3 Å². The normalized spacial score (nSPS) is 12.2. The van der Waals surface area contributed by atoms with Gasteiger partial charge in [-0.15, -0.1) is 0 Å². The first-order valence-electron chi connectivity index (χ1n) is 9.84. The fraction of sp³-hybridized carbons (Fsp3) is 0.167. The van der Waals surface area contributed by atoms with Gasteiger partial charge >= 0.3 is 5.97 Å². The number of aromatic carboxylic acids is 1. The summed E-state index contributed by atoms with van der Waals surface area (Å²) >= 11 is 0. The molecular weight excluding hydrogens is 398 g/mol. The summed E-state index contributed by atoms with van der Waals surface area (Å²) in [5.41, 5.74) is 2.35. The Kier molecular flexibility index (Phi) is 5.35. The maximum Gasteiger partial charge on any atom is 0.372 e. The van der Waals surface area contributed by atoms with Crippen LogP contribution in [-0.2, 0) is 6.42 Å². The number of hydrogen-bond acceptors (Lipinski definition) is 5. The SMILES string of the molecule is CC(O)CCc1cccc2c(C(=O)c3oc(C(=O)O)c(-c4ccccc4)c3O)c[nH]c12. The van der Waals surface area contributed by atoms with Gasteiger partial charge in [-0.3, -0.25) is 4.79 Å². The standard InChI is InChI=1S/C24H21NO6/c1-13(26)10-11-15-8-5-9-16-17(12-25-19(15)16)20(27)23-21(28)18(22(31-23)24(29)30)14-6-3-2-4-7-14/h2-9,12-13,25-26,28H,10-11H2,1H3,(H,29,30). The van der Waals surface area contributed by atoms with E-state index in [0.29, 0.717) is 23.8 Å². The van der Waals surface area contributed by atoms with Crippen molar-refractivity contribution in [2.45, 2.75) is 25.9 Å². The predicted octanol–water partition coefficient (Wildman–Crippen LogP) is 4.38. The van der Waals surface area contributed by atoms with Gasteiger partial charge in [0.1, 0.15) is 0 Å². The summed E-state index contributed by atoms with van der Waals surface area (Å²) in [6.45, 7) is 1.72. The van der Waals surface area contributed by atoms with E-state index < -0.39 is 35.1 Å². The van der Waals surface area contributed by atoms with Crippen molar-refractivity contribution >= 4 is 22.7 Å². The molecule has 31 heavy (non-hydrogen) atoms. The minimum atomic E-state index is -1.38. The van der Waals surface area contributed by atoms with Crippen LogP contribution in [0.5, 0.6) is 5.75 Å². The molecular formula is C24H21NO6. The van der Waals surface area contributed by atoms with Crippen molar-refractivity contribution in [3.63, 3.8) is 0 Å². The molecule has 0 saturated carbocycles. The highest BCUT2D eigenvalue weighted by Gasteiger charge is 2.31. The molecule has 2 aromatic heterocycles. The van der Waals surface area contributed by atoms with E-state index in [-0.39, 0.29) is 11.1 Å². The summed E-state index contributed by atoms with van der Waals surface area (Å²) in [5, 5.41) is 30.5. The molecule has 0 saturated heterocycles. The van der Waals surface area contributed by atoms with Gasteiger partial charge in [0.25, 0.3) is 0 Å². The third-order valence-corrected chi connectivity index (χ3v) is 5.22. The van der Waals surface area contributed by atoms with Gasteiger partial charge in [-0.05, 0) is 30.9 Å². The summed E-state index contributed by atoms with van der Waals surface area (Å²) in [6.07, 6.45) is 2.26. The molecule has 158 valence electrons. The van der Waals surface area contributed by atoms with Gasteiger partial charge in [-0.2, -0.15) is 0 Å². The van der Waals surface area contributed by atoms with E-state index in [1.165, 1.54) is 6.20 Å². The molecule has 1 unspecified atom stereocenters. The van der Waals surface area contributed by atoms with E-state index in [0.717, 1.165) is 11.1 Å². The van der Waals surface area contributed by atoms with Crippen LogP contribution in [0.3, 0.4) is 0 Å². The van der Waals surface area contributed by atoms with Crippen molar-refractivity contribution in [3.8, 4) is 16.9 Å². The maximum atomic E-state index is 13.2. The lowest BCUT2D eigenvalue weighted by molar-refractivity contribution is 0.0661. The third kappa shape index (κ3) is 3.71. The van der Waals surface area contributed by atoms with Crippen molar-refractivity contribution in [1.29, 1.82) is 0 Å². The molecule has 7 heteroatoms. The number of benzene rings is 2. The number of aliphatic hydroxyl groups is 1. The van der Waals surface area contributed by atoms with Crippen LogP contribution in [0.4, 0.5) is 0 Å². The average molecular weight is 419 g/mol. The van der Waals surface area contributed by atoms with Gasteiger partial charge in [0.15, 0.2) is 5.75 Å². The minimum absolute atomic E-state index is 0.0334. The second kappa shape index (κ2) is 8.12. The summed E-state index contributed by atoms with van der Waals surface area (Å²) < 4.78 is 5.36. The number of furan rings is 1. The second-order valence-electron chi connectivity index (χ2n) is 7.41. The number of aromatic amines is 1. The Morgan fingerprint density at radius 1 is 1.06 bits per heavy atom. The molecule has 0 fully saturated rings. The number of aliphatic hydroxyl groups excluding tert-OH is 1. The Labute approximate surface area is 177 Å². The van der Waals surface area contributed by atoms with Gasteiger partial charge in [0.05, 0.1) is 17.2 Å². The summed E-state index contributed by atoms with van der Waals surface area (Å²) in [5.74, 6) is -3.43. The molecule has 0 aliphatic carbocycles. The fourth-order valence-electron chi connectivity index (χ4n) is 3.70. The summed E-state index contributed by atoms with van der Waals surface area (Å²) in [4.78, 5) is 28.0. The number of H-pyrrole nitrogens is 1. The van der Waals surface area contributed by atoms with E-state index in [1.807, 2.05) is 12.1 Å². The van der Waals surface area contributed by atoms with Crippen molar-refractivity contribution in [2.75, 3.05) is 0 Å². The molecule has 4 aromatic rings. The topological polar surface area (TPSA) is 124 Å². The van der Waals surface area contributed by atoms with Crippen LogP contribution in [0.15, 0.2) is 59.1 Å². The van der Waals surface area contributed by atoms with Gasteiger partial charge < -0.3 is 24.7 Å². The number of carboxylic acids is 1. The number of ketones is 1. The van der Waals surface area contributed by atoms with Crippen LogP contribution in [0.2, 0.25) is 0 Å². The Morgan fingerprint density at radius 3 is 2.48 bits per heavy atom. The van der Waals surface area contributed by atoms with Gasteiger partial charge in [-0.25, -0.2) is 4.79 Å². The Bertz CT molecular complexity index is 1270. The number of aromatic hydroxyl groups is 1. The molecule has 7 nitrogen and oxygen atoms in total. The fourth-order valence-corrected chi connectivity index (χ4v) is 3.70. The lowest BCUT2D eigenvalue weighted by atomic mass is 10.0. The highest BCUT2D eigenvalue weighted by Crippen LogP contribution is 2.40. The van der Waals surface area contributed by atoms with E-state index in [9.17, 15) is 24.9 Å². The average Bonchev–Trinajstić information content (AvgIpc) is 3.34. The van der Waals surface area contributed by atoms with Crippen LogP contribution < -0.4 is 0 Å². The molecule has 2 heterocycles. The van der Waals surface area contributed by atoms with Crippen LogP contribution in [-0.4, -0.2) is 38.2 Å². The van der Waals surface area contributed by atoms with E-state index >= 15 is 0 Å². The zero-order chi connectivity index (χ0) is 22.1. The number of rotatable bonds is 7. The predicted molar refractivity (Wildman–Crippen MR) is 115 cm³/mol. The van der Waals surface area contributed by atoms with Crippen LogP contribution in [0, 0.1) is 0 Å². The maximum absolute atomic E-state index is 13.2. The Morgan fingerprint density at radius 2 is 1.81 bits per heavy atom. The Balaban J connectivity index is 1.80. The molecule has 0 spiro atoms. The lowest BCUT2D eigenvalue weighted by Crippen LogP contribution is -2.02. The van der Waals surface area contributed by atoms with Crippen molar-refractivity contribution in [2.24, 2.45) is 0 Å². The molecule has 4 rings (SSSR count). The van der Waals surface area contributed by atoms with Gasteiger partial charge in [-0.1, -0.05) is 48.5 Å². The van der Waals surface area contributed by atoms with Crippen LogP contribution >= 0.6 is 0 Å². The number of carboxylic acid groups (broad SMARTS) is 1. The number of fused-ring (bicyclic) bond motifs is 1. The highest BCUT2D eigenvalue weighted by molar-refractivity contribution is 6.18. The molecule has 0 radical (unpaired) electrons. The van der Waals surface area contributed by atoms with Gasteiger partial charge in [0, 0.05) is 17.1 Å². The van der Waals surface area contributed by atoms with Crippen molar-refractivity contribution in [3.05, 3.63) is 77.4 Å². The molecule has 0 bridgehead atoms. The molecule has 0 aliphatic rings. The van der Waals surface area contributed by atoms with Crippen LogP contribution in [0.25, 0.3) is 22.0 Å². The zero-order valence-electron chi connectivity index (χ0n) is 16.8. The number of hydrogen-bond donors (Lipinski definition) is 4. The highest BCUT2D eigenvalue weighted by atomic mass is 16.4. The quantitative estimate of drug-likeness (QED) is 0.330. The first-order valence-corrected chi connectivity index (χ1v) is 9.84. The van der Waals surface area contributed by atoms with E-state index in [1.54, 1.807) is 43.3 Å². The molecule has 4 N–H and O–H groups in total. The third-order valence-electron chi connectivity index (χ3n) is 5.22. The number of para-hydroxylation sites is 1. The molecule has 0 aliphatic heterocycles. The number of nitrogens with one attached hydrogen (secondary N) is 1. The van der Waals surface area contributed by atoms with Crippen LogP contribution in [0.1, 0.15) is 45.6 Å². The zero-order valence-corrected chi connectivity index (χ0v) is 16.8. The number of aromatic nitrogens is 1. The first kappa shape index (κ1) is 20.4. The molecule has 0 amide bonds.